The van der Waals surface area contributed by atoms with Crippen molar-refractivity contribution in [3.05, 3.63) is 201 Å². The first-order chi connectivity index (χ1) is 37.6. The second kappa shape index (κ2) is 35.6. The molecule has 0 spiro atoms. The standard InChI is InChI=1S/C28H30ClN3O5.C23H22ClN3O4.C5H8O.CH2Cl2.CH4/c1-30-27(33)25(32-34-2)22-13-7-6-12-20(22)18-36-28-23(29)16-21(17-31-28)26(19-10-4-3-5-11-19)37-24-14-8-9-15-35-24;1-25-22(29)20(27-30-2)18-11-7-6-10-16(18)14-31-23-19(24)12-17(13-26-23)21(28)15-8-4-3-5-9-15;1-2-4-6-5-3-1;2-1-3;/h3-7,10-13,16-17,24,26H,8-9,14-15,18H2,1-2H3,(H,30,33);3-13,21,28H,14H2,1-2H3,(H,25,29);2,4H,1,3,5H2;1H2;1H4/b32-25+;27-20+;;;. The van der Waals surface area contributed by atoms with Crippen molar-refractivity contribution in [1.29, 1.82) is 0 Å². The Bertz CT molecular complexity index is 2830. The number of ether oxygens (including phenoxy) is 5. The van der Waals surface area contributed by atoms with Crippen LogP contribution in [0.25, 0.3) is 0 Å². The van der Waals surface area contributed by atoms with Crippen molar-refractivity contribution < 1.29 is 48.1 Å². The SMILES string of the molecule is C.C1=COCCC1.CNC(=O)/C(=N/OC)c1ccccc1COc1ncc(C(O)c2ccccc2)cc1Cl.CNC(=O)/C(=N/OC)c1ccccc1COc1ncc(C(OC2CCCCO2)c2ccccc2)cc1Cl.ClCCl. The zero-order chi connectivity index (χ0) is 55.2. The van der Waals surface area contributed by atoms with Crippen LogP contribution in [-0.4, -0.2) is 91.5 Å². The van der Waals surface area contributed by atoms with Gasteiger partial charge in [0.05, 0.1) is 18.2 Å². The van der Waals surface area contributed by atoms with Gasteiger partial charge in [-0.1, -0.05) is 150 Å². The van der Waals surface area contributed by atoms with E-state index in [1.165, 1.54) is 47.4 Å². The number of allylic oxidation sites excluding steroid dienone is 1. The van der Waals surface area contributed by atoms with Crippen LogP contribution >= 0.6 is 46.4 Å². The Labute approximate surface area is 476 Å². The minimum Gasteiger partial charge on any atom is -0.502 e. The Morgan fingerprint density at radius 2 is 1.17 bits per heavy atom. The van der Waals surface area contributed by atoms with E-state index in [0.29, 0.717) is 33.9 Å². The number of halogens is 4. The van der Waals surface area contributed by atoms with Gasteiger partial charge in [0.2, 0.25) is 11.8 Å². The molecule has 78 heavy (non-hydrogen) atoms. The molecule has 6 aromatic rings. The highest BCUT2D eigenvalue weighted by Crippen LogP contribution is 2.34. The third kappa shape index (κ3) is 19.9. The third-order valence-electron chi connectivity index (χ3n) is 11.3. The number of aliphatic hydroxyl groups is 1. The van der Waals surface area contributed by atoms with Crippen LogP contribution in [0, 0.1) is 0 Å². The number of benzene rings is 4. The van der Waals surface area contributed by atoms with Crippen LogP contribution in [0.2, 0.25) is 10.0 Å². The van der Waals surface area contributed by atoms with E-state index in [0.717, 1.165) is 48.1 Å². The van der Waals surface area contributed by atoms with Gasteiger partial charge in [-0.2, -0.15) is 0 Å². The van der Waals surface area contributed by atoms with Crippen LogP contribution in [0.5, 0.6) is 11.8 Å². The molecule has 16 nitrogen and oxygen atoms in total. The minimum absolute atomic E-state index is 0. The maximum absolute atomic E-state index is 12.3. The lowest BCUT2D eigenvalue weighted by atomic mass is 10.0. The first-order valence-corrected chi connectivity index (χ1v) is 26.2. The predicted octanol–water partition coefficient (Wildman–Crippen LogP) is 11.9. The zero-order valence-corrected chi connectivity index (χ0v) is 46.1. The largest absolute Gasteiger partial charge is 0.502 e. The number of carbonyl (C=O) groups excluding carboxylic acids is 2. The normalized spacial score (nSPS) is 14.5. The number of likely N-dealkylation sites (N-methyl/N-ethyl adjacent to an activating group) is 2. The van der Waals surface area contributed by atoms with Gasteiger partial charge in [-0.25, -0.2) is 9.97 Å². The molecule has 1 saturated heterocycles. The average Bonchev–Trinajstić information content (AvgIpc) is 3.48. The first-order valence-electron chi connectivity index (χ1n) is 24.4. The van der Waals surface area contributed by atoms with Gasteiger partial charge in [0.1, 0.15) is 49.7 Å². The van der Waals surface area contributed by atoms with E-state index in [2.05, 4.69) is 30.9 Å². The highest BCUT2D eigenvalue weighted by Gasteiger charge is 2.25. The van der Waals surface area contributed by atoms with Gasteiger partial charge >= 0.3 is 0 Å². The smallest absolute Gasteiger partial charge is 0.273 e. The van der Waals surface area contributed by atoms with E-state index in [-0.39, 0.29) is 78.4 Å². The summed E-state index contributed by atoms with van der Waals surface area (Å²) < 4.78 is 28.8. The molecule has 3 atom stereocenters. The Morgan fingerprint density at radius 1 is 0.679 bits per heavy atom. The number of aliphatic hydroxyl groups excluding tert-OH is 1. The van der Waals surface area contributed by atoms with E-state index >= 15 is 0 Å². The molecule has 8 rings (SSSR count). The molecule has 3 N–H and O–H groups in total. The molecule has 1 fully saturated rings. The summed E-state index contributed by atoms with van der Waals surface area (Å²) in [5.74, 6) is -0.273. The quantitative estimate of drug-likeness (QED) is 0.0419. The maximum Gasteiger partial charge on any atom is 0.273 e. The molecule has 0 aliphatic carbocycles. The fourth-order valence-corrected chi connectivity index (χ4v) is 8.00. The summed E-state index contributed by atoms with van der Waals surface area (Å²) in [5.41, 5.74) is 5.93. The van der Waals surface area contributed by atoms with Gasteiger partial charge in [-0.15, -0.1) is 23.2 Å². The molecule has 4 aromatic carbocycles. The number of hydrogen-bond acceptors (Lipinski definition) is 14. The molecule has 416 valence electrons. The Balaban J connectivity index is 0.000000290. The van der Waals surface area contributed by atoms with Crippen LogP contribution < -0.4 is 20.1 Å². The first kappa shape index (κ1) is 63.8. The Hall–Kier alpha value is -6.76. The molecule has 2 aromatic heterocycles. The molecule has 4 heterocycles. The van der Waals surface area contributed by atoms with Gasteiger partial charge < -0.3 is 49.1 Å². The molecular formula is C58H66Cl4N6O10. The molecule has 0 radical (unpaired) electrons. The maximum atomic E-state index is 12.3. The van der Waals surface area contributed by atoms with Crippen molar-refractivity contribution in [2.24, 2.45) is 10.3 Å². The van der Waals surface area contributed by atoms with Crippen molar-refractivity contribution in [2.45, 2.75) is 71.2 Å². The van der Waals surface area contributed by atoms with Crippen molar-refractivity contribution in [1.82, 2.24) is 20.6 Å². The summed E-state index contributed by atoms with van der Waals surface area (Å²) in [6.45, 7) is 1.83. The number of nitrogens with zero attached hydrogens (tertiary/aromatic N) is 4. The van der Waals surface area contributed by atoms with Crippen LogP contribution in [0.15, 0.2) is 156 Å². The Kier molecular flexibility index (Phi) is 29.1. The number of rotatable bonds is 18. The number of aromatic nitrogens is 2. The number of oxime groups is 2. The number of pyridine rings is 2. The number of nitrogens with one attached hydrogen (secondary N) is 2. The number of hydrogen-bond donors (Lipinski definition) is 3. The Morgan fingerprint density at radius 3 is 1.59 bits per heavy atom. The minimum atomic E-state index is -0.846. The highest BCUT2D eigenvalue weighted by atomic mass is 35.5. The van der Waals surface area contributed by atoms with Crippen molar-refractivity contribution in [3.63, 3.8) is 0 Å². The van der Waals surface area contributed by atoms with Gasteiger partial charge in [-0.05, 0) is 72.6 Å². The second-order valence-corrected chi connectivity index (χ2v) is 18.1. The van der Waals surface area contributed by atoms with Crippen LogP contribution in [0.4, 0.5) is 0 Å². The lowest BCUT2D eigenvalue weighted by molar-refractivity contribution is -0.181. The fourth-order valence-electron chi connectivity index (χ4n) is 7.54. The van der Waals surface area contributed by atoms with Gasteiger partial charge in [0.25, 0.3) is 11.8 Å². The summed E-state index contributed by atoms with van der Waals surface area (Å²) in [7, 11) is 5.81. The number of alkyl halides is 2. The molecule has 2 aliphatic heterocycles. The molecule has 20 heteroatoms. The molecule has 2 aliphatic rings. The van der Waals surface area contributed by atoms with Gasteiger partial charge in [0, 0.05) is 55.3 Å². The topological polar surface area (TPSA) is 194 Å². The lowest BCUT2D eigenvalue weighted by Gasteiger charge is -2.28. The molecule has 3 unspecified atom stereocenters. The van der Waals surface area contributed by atoms with E-state index < -0.39 is 6.10 Å². The fraction of sp³-hybridized carbons (Fsp3) is 0.310. The highest BCUT2D eigenvalue weighted by molar-refractivity contribution is 6.46. The molecule has 2 amide bonds. The molecular weight excluding hydrogens is 1080 g/mol. The number of carbonyl (C=O) groups is 2. The van der Waals surface area contributed by atoms with E-state index in [9.17, 15) is 14.7 Å². The van der Waals surface area contributed by atoms with Crippen molar-refractivity contribution in [3.8, 4) is 11.8 Å². The van der Waals surface area contributed by atoms with E-state index in [1.54, 1.807) is 42.8 Å². The van der Waals surface area contributed by atoms with Crippen molar-refractivity contribution in [2.75, 3.05) is 46.9 Å². The van der Waals surface area contributed by atoms with Crippen LogP contribution in [-0.2, 0) is 46.7 Å². The van der Waals surface area contributed by atoms with Gasteiger partial charge in [-0.3, -0.25) is 9.59 Å². The van der Waals surface area contributed by atoms with Crippen LogP contribution in [0.1, 0.15) is 96.2 Å². The summed E-state index contributed by atoms with van der Waals surface area (Å²) in [6.07, 6.45) is 10.9. The zero-order valence-electron chi connectivity index (χ0n) is 43.1. The average molecular weight is 1150 g/mol. The van der Waals surface area contributed by atoms with E-state index in [4.69, 9.17) is 79.8 Å². The van der Waals surface area contributed by atoms with E-state index in [1.807, 2.05) is 97.1 Å². The van der Waals surface area contributed by atoms with Crippen molar-refractivity contribution >= 4 is 69.6 Å². The third-order valence-corrected chi connectivity index (χ3v) is 11.8. The lowest BCUT2D eigenvalue weighted by Crippen LogP contribution is -2.29. The van der Waals surface area contributed by atoms with Gasteiger partial charge in [0.15, 0.2) is 17.7 Å². The molecule has 0 saturated carbocycles. The van der Waals surface area contributed by atoms with Crippen LogP contribution in [0.3, 0.4) is 0 Å². The monoisotopic (exact) mass is 1150 g/mol. The second-order valence-electron chi connectivity index (χ2n) is 16.4. The summed E-state index contributed by atoms with van der Waals surface area (Å²) in [4.78, 5) is 42.9. The number of amides is 2. The summed E-state index contributed by atoms with van der Waals surface area (Å²) in [6, 6.07) is 37.0. The molecule has 0 bridgehead atoms. The summed E-state index contributed by atoms with van der Waals surface area (Å²) in [5, 5.41) is 24.2. The predicted molar refractivity (Wildman–Crippen MR) is 306 cm³/mol. The summed E-state index contributed by atoms with van der Waals surface area (Å²) >= 11 is 22.5.